The zero-order valence-corrected chi connectivity index (χ0v) is 12.6. The van der Waals surface area contributed by atoms with Crippen molar-refractivity contribution in [3.05, 3.63) is 42.1 Å². The molecule has 1 aliphatic rings. The summed E-state index contributed by atoms with van der Waals surface area (Å²) in [5.41, 5.74) is 1.40. The van der Waals surface area contributed by atoms with Gasteiger partial charge >= 0.3 is 0 Å². The fourth-order valence-corrected chi connectivity index (χ4v) is 3.10. The van der Waals surface area contributed by atoms with Gasteiger partial charge in [-0.25, -0.2) is 0 Å². The van der Waals surface area contributed by atoms with Crippen LogP contribution in [0, 0.1) is 5.92 Å². The predicted octanol–water partition coefficient (Wildman–Crippen LogP) is 3.27. The minimum absolute atomic E-state index is 0.708. The van der Waals surface area contributed by atoms with Crippen LogP contribution >= 0.6 is 0 Å². The molecule has 1 fully saturated rings. The summed E-state index contributed by atoms with van der Waals surface area (Å²) in [7, 11) is 0. The number of aromatic amines is 1. The van der Waals surface area contributed by atoms with Crippen molar-refractivity contribution >= 4 is 5.82 Å². The lowest BCUT2D eigenvalue weighted by atomic mass is 9.91. The summed E-state index contributed by atoms with van der Waals surface area (Å²) in [6, 6.07) is 10.6. The van der Waals surface area contributed by atoms with Crippen LogP contribution in [0.1, 0.15) is 25.3 Å². The maximum absolute atomic E-state index is 5.50. The molecule has 112 valence electrons. The minimum atomic E-state index is 0.708. The van der Waals surface area contributed by atoms with Crippen LogP contribution in [0.3, 0.4) is 0 Å². The standard InChI is InChI=1S/C17H23N3O/c1-2-21-16-7-5-14(6-8-16)12-15-4-3-11-20(13-15)17-9-10-18-19-17/h5-10,15H,2-4,11-13H2,1H3,(H,18,19). The Hall–Kier alpha value is -1.97. The van der Waals surface area contributed by atoms with E-state index in [2.05, 4.69) is 45.4 Å². The molecule has 0 aliphatic carbocycles. The van der Waals surface area contributed by atoms with Crippen LogP contribution in [0.25, 0.3) is 0 Å². The molecule has 0 bridgehead atoms. The van der Waals surface area contributed by atoms with Crippen molar-refractivity contribution < 1.29 is 4.74 Å². The summed E-state index contributed by atoms with van der Waals surface area (Å²) >= 11 is 0. The number of anilines is 1. The lowest BCUT2D eigenvalue weighted by Crippen LogP contribution is -2.36. The number of rotatable bonds is 5. The van der Waals surface area contributed by atoms with Gasteiger partial charge in [0.1, 0.15) is 11.6 Å². The zero-order valence-electron chi connectivity index (χ0n) is 12.6. The van der Waals surface area contributed by atoms with E-state index in [0.29, 0.717) is 5.92 Å². The van der Waals surface area contributed by atoms with Crippen LogP contribution in [0.5, 0.6) is 5.75 Å². The first-order valence-electron chi connectivity index (χ1n) is 7.81. The van der Waals surface area contributed by atoms with Crippen molar-refractivity contribution in [1.82, 2.24) is 10.2 Å². The van der Waals surface area contributed by atoms with Crippen LogP contribution in [0.4, 0.5) is 5.82 Å². The quantitative estimate of drug-likeness (QED) is 0.916. The van der Waals surface area contributed by atoms with Crippen LogP contribution in [-0.4, -0.2) is 29.9 Å². The largest absolute Gasteiger partial charge is 0.494 e. The van der Waals surface area contributed by atoms with Crippen LogP contribution in [-0.2, 0) is 6.42 Å². The summed E-state index contributed by atoms with van der Waals surface area (Å²) in [4.78, 5) is 2.41. The number of piperidine rings is 1. The van der Waals surface area contributed by atoms with Gasteiger partial charge in [0, 0.05) is 19.2 Å². The predicted molar refractivity (Wildman–Crippen MR) is 84.8 cm³/mol. The van der Waals surface area contributed by atoms with Crippen LogP contribution in [0.2, 0.25) is 0 Å². The van der Waals surface area contributed by atoms with Crippen molar-refractivity contribution in [2.24, 2.45) is 5.92 Å². The fraction of sp³-hybridized carbons (Fsp3) is 0.471. The van der Waals surface area contributed by atoms with Gasteiger partial charge in [-0.2, -0.15) is 5.10 Å². The molecule has 1 N–H and O–H groups in total. The van der Waals surface area contributed by atoms with Gasteiger partial charge < -0.3 is 9.64 Å². The van der Waals surface area contributed by atoms with E-state index in [0.717, 1.165) is 37.7 Å². The van der Waals surface area contributed by atoms with E-state index in [4.69, 9.17) is 4.74 Å². The Balaban J connectivity index is 1.59. The molecule has 0 radical (unpaired) electrons. The molecule has 1 aliphatic heterocycles. The number of hydrogen-bond donors (Lipinski definition) is 1. The van der Waals surface area contributed by atoms with E-state index in [-0.39, 0.29) is 0 Å². The molecule has 1 aromatic carbocycles. The molecular formula is C17H23N3O. The van der Waals surface area contributed by atoms with E-state index in [1.807, 2.05) is 13.1 Å². The van der Waals surface area contributed by atoms with Gasteiger partial charge in [0.15, 0.2) is 0 Å². The van der Waals surface area contributed by atoms with Crippen molar-refractivity contribution in [3.63, 3.8) is 0 Å². The van der Waals surface area contributed by atoms with E-state index in [1.54, 1.807) is 0 Å². The molecule has 2 aromatic rings. The molecule has 21 heavy (non-hydrogen) atoms. The summed E-state index contributed by atoms with van der Waals surface area (Å²) in [5, 5.41) is 7.13. The number of aromatic nitrogens is 2. The lowest BCUT2D eigenvalue weighted by molar-refractivity contribution is 0.340. The summed E-state index contributed by atoms with van der Waals surface area (Å²) in [5.74, 6) is 2.82. The number of hydrogen-bond acceptors (Lipinski definition) is 3. The Morgan fingerprint density at radius 2 is 2.14 bits per heavy atom. The first kappa shape index (κ1) is 14.0. The van der Waals surface area contributed by atoms with Crippen LogP contribution < -0.4 is 9.64 Å². The second-order valence-corrected chi connectivity index (χ2v) is 5.68. The molecule has 0 spiro atoms. The Kier molecular flexibility index (Phi) is 4.43. The summed E-state index contributed by atoms with van der Waals surface area (Å²) < 4.78 is 5.50. The topological polar surface area (TPSA) is 41.1 Å². The Labute approximate surface area is 126 Å². The SMILES string of the molecule is CCOc1ccc(CC2CCCN(c3ccn[nH]3)C2)cc1. The average molecular weight is 285 g/mol. The molecule has 1 saturated heterocycles. The molecule has 1 unspecified atom stereocenters. The maximum Gasteiger partial charge on any atom is 0.123 e. The molecule has 2 heterocycles. The monoisotopic (exact) mass is 285 g/mol. The second-order valence-electron chi connectivity index (χ2n) is 5.68. The molecular weight excluding hydrogens is 262 g/mol. The molecule has 4 heteroatoms. The molecule has 1 aromatic heterocycles. The van der Waals surface area contributed by atoms with Gasteiger partial charge in [-0.05, 0) is 49.8 Å². The third kappa shape index (κ3) is 3.57. The average Bonchev–Trinajstić information content (AvgIpc) is 3.04. The maximum atomic E-state index is 5.50. The minimum Gasteiger partial charge on any atom is -0.494 e. The first-order valence-corrected chi connectivity index (χ1v) is 7.81. The molecule has 3 rings (SSSR count). The number of nitrogens with zero attached hydrogens (tertiary/aromatic N) is 2. The van der Waals surface area contributed by atoms with E-state index in [1.165, 1.54) is 18.4 Å². The Morgan fingerprint density at radius 1 is 1.29 bits per heavy atom. The van der Waals surface area contributed by atoms with Gasteiger partial charge in [-0.1, -0.05) is 12.1 Å². The van der Waals surface area contributed by atoms with Crippen molar-refractivity contribution in [2.45, 2.75) is 26.2 Å². The van der Waals surface area contributed by atoms with Gasteiger partial charge in [0.2, 0.25) is 0 Å². The smallest absolute Gasteiger partial charge is 0.123 e. The second kappa shape index (κ2) is 6.66. The normalized spacial score (nSPS) is 18.7. The third-order valence-corrected chi connectivity index (χ3v) is 4.10. The highest BCUT2D eigenvalue weighted by atomic mass is 16.5. The number of H-pyrrole nitrogens is 1. The zero-order chi connectivity index (χ0) is 14.5. The van der Waals surface area contributed by atoms with E-state index < -0.39 is 0 Å². The molecule has 4 nitrogen and oxygen atoms in total. The van der Waals surface area contributed by atoms with E-state index >= 15 is 0 Å². The van der Waals surface area contributed by atoms with E-state index in [9.17, 15) is 0 Å². The van der Waals surface area contributed by atoms with Gasteiger partial charge in [0.25, 0.3) is 0 Å². The molecule has 0 amide bonds. The molecule has 1 atom stereocenters. The van der Waals surface area contributed by atoms with Crippen molar-refractivity contribution in [3.8, 4) is 5.75 Å². The summed E-state index contributed by atoms with van der Waals surface area (Å²) in [6.07, 6.45) is 5.51. The summed E-state index contributed by atoms with van der Waals surface area (Å²) in [6.45, 7) is 4.97. The fourth-order valence-electron chi connectivity index (χ4n) is 3.10. The van der Waals surface area contributed by atoms with Crippen LogP contribution in [0.15, 0.2) is 36.5 Å². The number of ether oxygens (including phenoxy) is 1. The molecule has 0 saturated carbocycles. The first-order chi connectivity index (χ1) is 10.3. The van der Waals surface area contributed by atoms with Crippen molar-refractivity contribution in [1.29, 1.82) is 0 Å². The Bertz CT molecular complexity index is 536. The highest BCUT2D eigenvalue weighted by Crippen LogP contribution is 2.24. The van der Waals surface area contributed by atoms with Crippen molar-refractivity contribution in [2.75, 3.05) is 24.6 Å². The Morgan fingerprint density at radius 3 is 2.86 bits per heavy atom. The van der Waals surface area contributed by atoms with Gasteiger partial charge in [-0.3, -0.25) is 5.10 Å². The van der Waals surface area contributed by atoms with Gasteiger partial charge in [0.05, 0.1) is 12.8 Å². The third-order valence-electron chi connectivity index (χ3n) is 4.10. The lowest BCUT2D eigenvalue weighted by Gasteiger charge is -2.33. The van der Waals surface area contributed by atoms with Gasteiger partial charge in [-0.15, -0.1) is 0 Å². The number of benzene rings is 1. The highest BCUT2D eigenvalue weighted by molar-refractivity contribution is 5.37. The highest BCUT2D eigenvalue weighted by Gasteiger charge is 2.21. The number of nitrogens with one attached hydrogen (secondary N) is 1.